The number of hydrogen-bond donors (Lipinski definition) is 2. The van der Waals surface area contributed by atoms with Crippen molar-refractivity contribution in [1.82, 2.24) is 15.5 Å². The monoisotopic (exact) mass is 236 g/mol. The second-order valence-corrected chi connectivity index (χ2v) is 4.17. The summed E-state index contributed by atoms with van der Waals surface area (Å²) in [6.45, 7) is 2.26. The van der Waals surface area contributed by atoms with Gasteiger partial charge in [-0.1, -0.05) is 17.3 Å². The fourth-order valence-corrected chi connectivity index (χ4v) is 1.79. The third-order valence-electron chi connectivity index (χ3n) is 2.66. The number of aryl methyl sites for hydroxylation is 1. The molecule has 1 aromatic rings. The first-order valence-corrected chi connectivity index (χ1v) is 5.66. The van der Waals surface area contributed by atoms with Crippen LogP contribution in [-0.2, 0) is 11.2 Å². The lowest BCUT2D eigenvalue weighted by Gasteiger charge is -2.09. The lowest BCUT2D eigenvalue weighted by Crippen LogP contribution is -2.32. The molecule has 0 saturated carbocycles. The van der Waals surface area contributed by atoms with Gasteiger partial charge in [0.2, 0.25) is 11.8 Å². The van der Waals surface area contributed by atoms with Gasteiger partial charge in [0.15, 0.2) is 5.82 Å². The average Bonchev–Trinajstić information content (AvgIpc) is 2.88. The van der Waals surface area contributed by atoms with Crippen LogP contribution >= 0.6 is 0 Å². The number of nitrogens with two attached hydrogens (primary N) is 1. The molecule has 1 aliphatic rings. The summed E-state index contributed by atoms with van der Waals surface area (Å²) in [4.78, 5) is 15.8. The first kappa shape index (κ1) is 11.8. The minimum Gasteiger partial charge on any atom is -0.355 e. The maximum atomic E-state index is 11.7. The van der Waals surface area contributed by atoms with Gasteiger partial charge in [-0.15, -0.1) is 0 Å². The van der Waals surface area contributed by atoms with Gasteiger partial charge in [-0.25, -0.2) is 0 Å². The van der Waals surface area contributed by atoms with Crippen LogP contribution in [0.4, 0.5) is 0 Å². The summed E-state index contributed by atoms with van der Waals surface area (Å²) in [5.41, 5.74) is 5.69. The fourth-order valence-electron chi connectivity index (χ4n) is 1.79. The Kier molecular flexibility index (Phi) is 3.53. The molecule has 3 N–H and O–H groups in total. The van der Waals surface area contributed by atoms with E-state index in [4.69, 9.17) is 10.3 Å². The Labute approximate surface area is 99.3 Å². The van der Waals surface area contributed by atoms with Crippen LogP contribution in [0, 0.1) is 12.8 Å². The number of nitrogens with one attached hydrogen (secondary N) is 1. The molecule has 0 aromatic carbocycles. The third-order valence-corrected chi connectivity index (χ3v) is 2.66. The molecule has 6 heteroatoms. The number of carbonyl (C=O) groups is 1. The van der Waals surface area contributed by atoms with E-state index in [9.17, 15) is 4.79 Å². The van der Waals surface area contributed by atoms with Crippen molar-refractivity contribution in [2.24, 2.45) is 11.7 Å². The van der Waals surface area contributed by atoms with Crippen molar-refractivity contribution in [2.45, 2.75) is 25.8 Å². The average molecular weight is 236 g/mol. The highest BCUT2D eigenvalue weighted by Gasteiger charge is 2.22. The summed E-state index contributed by atoms with van der Waals surface area (Å²) in [7, 11) is 0. The van der Waals surface area contributed by atoms with E-state index in [-0.39, 0.29) is 17.9 Å². The topological polar surface area (TPSA) is 94.0 Å². The molecule has 1 aromatic heterocycles. The molecule has 0 bridgehead atoms. The van der Waals surface area contributed by atoms with Crippen LogP contribution in [0.2, 0.25) is 0 Å². The molecule has 1 amide bonds. The Morgan fingerprint density at radius 1 is 1.65 bits per heavy atom. The summed E-state index contributed by atoms with van der Waals surface area (Å²) in [5.74, 6) is 1.05. The number of hydrogen-bond acceptors (Lipinski definition) is 5. The van der Waals surface area contributed by atoms with E-state index >= 15 is 0 Å². The standard InChI is InChI=1S/C11H16N4O2/c1-7-14-10(17-15-7)4-5-13-11(16)8-2-3-9(12)6-8/h2-3,8-9H,4-6,12H2,1H3,(H,13,16). The lowest BCUT2D eigenvalue weighted by molar-refractivity contribution is -0.123. The smallest absolute Gasteiger partial charge is 0.228 e. The van der Waals surface area contributed by atoms with Crippen LogP contribution in [-0.4, -0.2) is 28.6 Å². The summed E-state index contributed by atoms with van der Waals surface area (Å²) in [5, 5.41) is 6.50. The Balaban J connectivity index is 1.72. The second kappa shape index (κ2) is 5.09. The van der Waals surface area contributed by atoms with Crippen LogP contribution in [0.15, 0.2) is 16.7 Å². The Morgan fingerprint density at radius 2 is 2.47 bits per heavy atom. The number of aromatic nitrogens is 2. The highest BCUT2D eigenvalue weighted by Crippen LogP contribution is 2.16. The zero-order valence-corrected chi connectivity index (χ0v) is 9.72. The highest BCUT2D eigenvalue weighted by molar-refractivity contribution is 5.81. The molecular weight excluding hydrogens is 220 g/mol. The SMILES string of the molecule is Cc1noc(CCNC(=O)C2C=CC(N)C2)n1. The van der Waals surface area contributed by atoms with Gasteiger partial charge in [0.1, 0.15) is 0 Å². The van der Waals surface area contributed by atoms with Crippen LogP contribution in [0.25, 0.3) is 0 Å². The van der Waals surface area contributed by atoms with Crippen molar-refractivity contribution in [3.63, 3.8) is 0 Å². The van der Waals surface area contributed by atoms with E-state index in [1.807, 2.05) is 12.2 Å². The van der Waals surface area contributed by atoms with Gasteiger partial charge in [0.05, 0.1) is 5.92 Å². The molecular formula is C11H16N4O2. The Hall–Kier alpha value is -1.69. The summed E-state index contributed by atoms with van der Waals surface area (Å²) >= 11 is 0. The molecule has 0 radical (unpaired) electrons. The minimum atomic E-state index is -0.102. The second-order valence-electron chi connectivity index (χ2n) is 4.17. The number of carbonyl (C=O) groups excluding carboxylic acids is 1. The van der Waals surface area contributed by atoms with Gasteiger partial charge in [0.25, 0.3) is 0 Å². The van der Waals surface area contributed by atoms with Crippen molar-refractivity contribution in [1.29, 1.82) is 0 Å². The van der Waals surface area contributed by atoms with E-state index in [0.29, 0.717) is 31.1 Å². The van der Waals surface area contributed by atoms with Gasteiger partial charge in [-0.2, -0.15) is 4.98 Å². The highest BCUT2D eigenvalue weighted by atomic mass is 16.5. The van der Waals surface area contributed by atoms with Gasteiger partial charge in [-0.3, -0.25) is 4.79 Å². The van der Waals surface area contributed by atoms with Crippen molar-refractivity contribution in [2.75, 3.05) is 6.54 Å². The van der Waals surface area contributed by atoms with E-state index in [1.54, 1.807) is 6.92 Å². The van der Waals surface area contributed by atoms with Crippen molar-refractivity contribution >= 4 is 5.91 Å². The normalized spacial score (nSPS) is 22.9. The van der Waals surface area contributed by atoms with Crippen molar-refractivity contribution < 1.29 is 9.32 Å². The number of amides is 1. The van der Waals surface area contributed by atoms with Crippen LogP contribution in [0.1, 0.15) is 18.1 Å². The Morgan fingerprint density at radius 3 is 3.06 bits per heavy atom. The lowest BCUT2D eigenvalue weighted by atomic mass is 10.1. The molecule has 1 heterocycles. The van der Waals surface area contributed by atoms with Gasteiger partial charge in [-0.05, 0) is 13.3 Å². The largest absolute Gasteiger partial charge is 0.355 e. The maximum absolute atomic E-state index is 11.7. The van der Waals surface area contributed by atoms with Gasteiger partial charge >= 0.3 is 0 Å². The van der Waals surface area contributed by atoms with Gasteiger partial charge in [0, 0.05) is 19.0 Å². The zero-order valence-electron chi connectivity index (χ0n) is 9.72. The molecule has 6 nitrogen and oxygen atoms in total. The predicted octanol–water partition coefficient (Wildman–Crippen LogP) is -0.0599. The summed E-state index contributed by atoms with van der Waals surface area (Å²) < 4.78 is 4.94. The van der Waals surface area contributed by atoms with Crippen LogP contribution < -0.4 is 11.1 Å². The molecule has 1 aliphatic carbocycles. The summed E-state index contributed by atoms with van der Waals surface area (Å²) in [6.07, 6.45) is 4.96. The zero-order chi connectivity index (χ0) is 12.3. The third kappa shape index (κ3) is 3.13. The van der Waals surface area contributed by atoms with Crippen molar-refractivity contribution in [3.8, 4) is 0 Å². The van der Waals surface area contributed by atoms with Gasteiger partial charge < -0.3 is 15.6 Å². The molecule has 0 fully saturated rings. The molecule has 0 aliphatic heterocycles. The molecule has 92 valence electrons. The molecule has 2 unspecified atom stereocenters. The first-order chi connectivity index (χ1) is 8.15. The van der Waals surface area contributed by atoms with Crippen LogP contribution in [0.3, 0.4) is 0 Å². The molecule has 0 saturated heterocycles. The fraction of sp³-hybridized carbons (Fsp3) is 0.545. The van der Waals surface area contributed by atoms with E-state index in [1.165, 1.54) is 0 Å². The predicted molar refractivity (Wildman–Crippen MR) is 61.0 cm³/mol. The van der Waals surface area contributed by atoms with E-state index in [0.717, 1.165) is 0 Å². The maximum Gasteiger partial charge on any atom is 0.228 e. The first-order valence-electron chi connectivity index (χ1n) is 5.66. The quantitative estimate of drug-likeness (QED) is 0.714. The number of nitrogens with zero attached hydrogens (tertiary/aromatic N) is 2. The number of rotatable bonds is 4. The van der Waals surface area contributed by atoms with Crippen molar-refractivity contribution in [3.05, 3.63) is 23.9 Å². The molecule has 2 atom stereocenters. The summed E-state index contributed by atoms with van der Waals surface area (Å²) in [6, 6.07) is 0.00402. The minimum absolute atomic E-state index is 0.00402. The molecule has 2 rings (SSSR count). The molecule has 17 heavy (non-hydrogen) atoms. The van der Waals surface area contributed by atoms with Crippen LogP contribution in [0.5, 0.6) is 0 Å². The Bertz CT molecular complexity index is 427. The molecule has 0 spiro atoms. The van der Waals surface area contributed by atoms with E-state index in [2.05, 4.69) is 15.5 Å². The van der Waals surface area contributed by atoms with E-state index < -0.39 is 0 Å².